The lowest BCUT2D eigenvalue weighted by molar-refractivity contribution is 0.0625. The van der Waals surface area contributed by atoms with Crippen molar-refractivity contribution in [3.8, 4) is 11.5 Å². The molecule has 0 radical (unpaired) electrons. The molecule has 1 N–H and O–H groups in total. The van der Waals surface area contributed by atoms with Crippen LogP contribution < -0.4 is 10.1 Å². The lowest BCUT2D eigenvalue weighted by Gasteiger charge is -2.26. The minimum absolute atomic E-state index is 0. The third kappa shape index (κ3) is 8.25. The summed E-state index contributed by atoms with van der Waals surface area (Å²) in [5.74, 6) is 1.81. The molecule has 2 aromatic rings. The van der Waals surface area contributed by atoms with Crippen LogP contribution in [0.4, 0.5) is 4.39 Å². The summed E-state index contributed by atoms with van der Waals surface area (Å²) in [6, 6.07) is 8.43. The highest BCUT2D eigenvalue weighted by Gasteiger charge is 2.15. The van der Waals surface area contributed by atoms with E-state index in [9.17, 15) is 4.39 Å². The van der Waals surface area contributed by atoms with Crippen molar-refractivity contribution < 1.29 is 13.9 Å². The van der Waals surface area contributed by atoms with Gasteiger partial charge in [0, 0.05) is 39.5 Å². The number of aromatic nitrogens is 1. The van der Waals surface area contributed by atoms with Crippen LogP contribution in [-0.4, -0.2) is 49.2 Å². The molecule has 8 heteroatoms. The molecule has 0 atom stereocenters. The predicted molar refractivity (Wildman–Crippen MR) is 132 cm³/mol. The summed E-state index contributed by atoms with van der Waals surface area (Å²) in [7, 11) is 2.05. The zero-order valence-corrected chi connectivity index (χ0v) is 20.6. The first-order valence-corrected chi connectivity index (χ1v) is 10.6. The lowest BCUT2D eigenvalue weighted by Crippen LogP contribution is -2.40. The smallest absolute Gasteiger partial charge is 0.193 e. The Labute approximate surface area is 201 Å². The maximum Gasteiger partial charge on any atom is 0.193 e. The monoisotopic (exact) mass is 542 g/mol. The fraction of sp³-hybridized carbons (Fsp3) is 0.478. The zero-order chi connectivity index (χ0) is 21.2. The molecule has 1 fully saturated rings. The van der Waals surface area contributed by atoms with Gasteiger partial charge < -0.3 is 19.7 Å². The first kappa shape index (κ1) is 25.3. The second-order valence-electron chi connectivity index (χ2n) is 7.49. The second-order valence-corrected chi connectivity index (χ2v) is 7.49. The molecule has 6 nitrogen and oxygen atoms in total. The third-order valence-corrected chi connectivity index (χ3v) is 5.18. The van der Waals surface area contributed by atoms with Gasteiger partial charge in [-0.25, -0.2) is 9.38 Å². The molecule has 0 aliphatic carbocycles. The SMILES string of the molecule is CCNC(=NCc1ccc(Oc2cccnc2)c(F)c1)N(C)CCC1CCOCC1.I. The number of nitrogens with zero attached hydrogens (tertiary/aromatic N) is 3. The van der Waals surface area contributed by atoms with Crippen LogP contribution in [0.2, 0.25) is 0 Å². The lowest BCUT2D eigenvalue weighted by atomic mass is 9.96. The van der Waals surface area contributed by atoms with Crippen LogP contribution >= 0.6 is 24.0 Å². The molecule has 3 rings (SSSR count). The number of guanidine groups is 1. The summed E-state index contributed by atoms with van der Waals surface area (Å²) < 4.78 is 25.5. The number of halogens is 2. The van der Waals surface area contributed by atoms with E-state index >= 15 is 0 Å². The standard InChI is InChI=1S/C23H31FN4O2.HI/c1-3-26-23(28(2)12-8-18-9-13-29-14-10-18)27-16-19-6-7-22(21(24)15-19)30-20-5-4-11-25-17-20;/h4-7,11,15,17-18H,3,8-10,12-14,16H2,1-2H3,(H,26,27);1H. The Morgan fingerprint density at radius 2 is 2.13 bits per heavy atom. The van der Waals surface area contributed by atoms with Crippen LogP contribution in [0.15, 0.2) is 47.7 Å². The number of ether oxygens (including phenoxy) is 2. The van der Waals surface area contributed by atoms with Crippen molar-refractivity contribution in [1.82, 2.24) is 15.2 Å². The van der Waals surface area contributed by atoms with Crippen molar-refractivity contribution >= 4 is 29.9 Å². The van der Waals surface area contributed by atoms with Crippen LogP contribution in [0.3, 0.4) is 0 Å². The van der Waals surface area contributed by atoms with E-state index in [1.807, 2.05) is 20.0 Å². The van der Waals surface area contributed by atoms with Gasteiger partial charge in [-0.2, -0.15) is 0 Å². The van der Waals surface area contributed by atoms with E-state index in [2.05, 4.69) is 15.2 Å². The number of aliphatic imine (C=N–C) groups is 1. The Kier molecular flexibility index (Phi) is 11.0. The Hall–Kier alpha value is -1.94. The van der Waals surface area contributed by atoms with Crippen molar-refractivity contribution in [2.45, 2.75) is 32.7 Å². The molecule has 2 heterocycles. The number of benzene rings is 1. The molecule has 31 heavy (non-hydrogen) atoms. The Morgan fingerprint density at radius 3 is 2.81 bits per heavy atom. The van der Waals surface area contributed by atoms with Gasteiger partial charge in [-0.15, -0.1) is 24.0 Å². The van der Waals surface area contributed by atoms with E-state index in [-0.39, 0.29) is 29.7 Å². The maximum absolute atomic E-state index is 14.5. The average molecular weight is 542 g/mol. The topological polar surface area (TPSA) is 59.0 Å². The van der Waals surface area contributed by atoms with Crippen LogP contribution in [0, 0.1) is 11.7 Å². The van der Waals surface area contributed by atoms with E-state index in [0.717, 1.165) is 57.1 Å². The van der Waals surface area contributed by atoms with Crippen molar-refractivity contribution in [3.63, 3.8) is 0 Å². The molecule has 0 unspecified atom stereocenters. The van der Waals surface area contributed by atoms with Crippen LogP contribution in [0.25, 0.3) is 0 Å². The quantitative estimate of drug-likeness (QED) is 0.294. The Bertz CT molecular complexity index is 816. The molecule has 0 bridgehead atoms. The van der Waals surface area contributed by atoms with E-state index in [0.29, 0.717) is 18.2 Å². The molecular formula is C23H32FIN4O2. The molecule has 1 aliphatic rings. The third-order valence-electron chi connectivity index (χ3n) is 5.18. The van der Waals surface area contributed by atoms with Gasteiger partial charge in [0.15, 0.2) is 17.5 Å². The minimum atomic E-state index is -0.413. The number of hydrogen-bond donors (Lipinski definition) is 1. The molecule has 1 aromatic carbocycles. The van der Waals surface area contributed by atoms with Gasteiger partial charge in [-0.1, -0.05) is 6.07 Å². The Morgan fingerprint density at radius 1 is 1.32 bits per heavy atom. The van der Waals surface area contributed by atoms with Crippen LogP contribution in [0.5, 0.6) is 11.5 Å². The van der Waals surface area contributed by atoms with Gasteiger partial charge >= 0.3 is 0 Å². The first-order chi connectivity index (χ1) is 14.7. The summed E-state index contributed by atoms with van der Waals surface area (Å²) in [5, 5.41) is 3.32. The van der Waals surface area contributed by atoms with Crippen LogP contribution in [0.1, 0.15) is 31.7 Å². The number of hydrogen-bond acceptors (Lipinski definition) is 4. The molecule has 170 valence electrons. The molecule has 1 aromatic heterocycles. The molecular weight excluding hydrogens is 510 g/mol. The largest absolute Gasteiger partial charge is 0.453 e. The maximum atomic E-state index is 14.5. The summed E-state index contributed by atoms with van der Waals surface area (Å²) in [6.07, 6.45) is 6.59. The highest BCUT2D eigenvalue weighted by molar-refractivity contribution is 14.0. The average Bonchev–Trinajstić information content (AvgIpc) is 2.78. The summed E-state index contributed by atoms with van der Waals surface area (Å²) in [5.41, 5.74) is 0.791. The van der Waals surface area contributed by atoms with Gasteiger partial charge in [-0.05, 0) is 61.9 Å². The number of pyridine rings is 1. The van der Waals surface area contributed by atoms with Crippen LogP contribution in [-0.2, 0) is 11.3 Å². The fourth-order valence-electron chi connectivity index (χ4n) is 3.41. The van der Waals surface area contributed by atoms with E-state index in [1.54, 1.807) is 30.6 Å². The predicted octanol–water partition coefficient (Wildman–Crippen LogP) is 4.85. The van der Waals surface area contributed by atoms with Gasteiger partial charge in [0.25, 0.3) is 0 Å². The van der Waals surface area contributed by atoms with Gasteiger partial charge in [0.05, 0.1) is 12.7 Å². The van der Waals surface area contributed by atoms with E-state index < -0.39 is 5.82 Å². The summed E-state index contributed by atoms with van der Waals surface area (Å²) >= 11 is 0. The second kappa shape index (κ2) is 13.5. The molecule has 1 saturated heterocycles. The molecule has 0 saturated carbocycles. The van der Waals surface area contributed by atoms with Gasteiger partial charge in [0.2, 0.25) is 0 Å². The van der Waals surface area contributed by atoms with Crippen molar-refractivity contribution in [1.29, 1.82) is 0 Å². The zero-order valence-electron chi connectivity index (χ0n) is 18.2. The molecule has 1 aliphatic heterocycles. The fourth-order valence-corrected chi connectivity index (χ4v) is 3.41. The normalized spacial score (nSPS) is 14.6. The highest BCUT2D eigenvalue weighted by Crippen LogP contribution is 2.24. The van der Waals surface area contributed by atoms with Crippen molar-refractivity contribution in [2.24, 2.45) is 10.9 Å². The van der Waals surface area contributed by atoms with Gasteiger partial charge in [0.1, 0.15) is 5.75 Å². The van der Waals surface area contributed by atoms with Gasteiger partial charge in [-0.3, -0.25) is 4.98 Å². The van der Waals surface area contributed by atoms with Crippen molar-refractivity contribution in [2.75, 3.05) is 33.4 Å². The Balaban J connectivity index is 0.00000341. The molecule has 0 amide bonds. The van der Waals surface area contributed by atoms with E-state index in [4.69, 9.17) is 14.5 Å². The molecule has 0 spiro atoms. The number of rotatable bonds is 8. The van der Waals surface area contributed by atoms with Crippen molar-refractivity contribution in [3.05, 3.63) is 54.1 Å². The number of nitrogens with one attached hydrogen (secondary N) is 1. The minimum Gasteiger partial charge on any atom is -0.453 e. The highest BCUT2D eigenvalue weighted by atomic mass is 127. The summed E-state index contributed by atoms with van der Waals surface area (Å²) in [4.78, 5) is 10.8. The first-order valence-electron chi connectivity index (χ1n) is 10.6. The van der Waals surface area contributed by atoms with E-state index in [1.165, 1.54) is 6.07 Å². The summed E-state index contributed by atoms with van der Waals surface area (Å²) in [6.45, 7) is 5.90.